The van der Waals surface area contributed by atoms with Crippen molar-refractivity contribution < 1.29 is 71.8 Å². The summed E-state index contributed by atoms with van der Waals surface area (Å²) in [6.07, 6.45) is 9.42. The summed E-state index contributed by atoms with van der Waals surface area (Å²) in [5.41, 5.74) is 12.8. The van der Waals surface area contributed by atoms with Crippen LogP contribution in [0.3, 0.4) is 0 Å². The zero-order chi connectivity index (χ0) is 69.1. The number of aliphatic carboxylic acids is 1. The topological polar surface area (TPSA) is 294 Å². The molecule has 0 bridgehead atoms. The van der Waals surface area contributed by atoms with E-state index in [1.165, 1.54) is 39.8 Å². The van der Waals surface area contributed by atoms with Crippen LogP contribution in [-0.2, 0) is 57.5 Å². The van der Waals surface area contributed by atoms with Crippen LogP contribution in [0.4, 0.5) is 13.2 Å². The second kappa shape index (κ2) is 39.7. The molecule has 11 N–H and O–H groups in total. The van der Waals surface area contributed by atoms with Gasteiger partial charge in [-0.1, -0.05) is 142 Å². The Hall–Kier alpha value is -6.12. The Balaban J connectivity index is 0.000000421. The van der Waals surface area contributed by atoms with E-state index in [1.54, 1.807) is 18.9 Å². The number of carbonyl (C=O) groups is 6. The van der Waals surface area contributed by atoms with E-state index in [-0.39, 0.29) is 96.5 Å². The molecule has 2 fully saturated rings. The average Bonchev–Trinajstić information content (AvgIpc) is 1.62. The molecule has 522 valence electrons. The molecule has 0 spiro atoms. The van der Waals surface area contributed by atoms with Crippen molar-refractivity contribution in [2.45, 2.75) is 228 Å². The van der Waals surface area contributed by atoms with Crippen molar-refractivity contribution in [1.29, 1.82) is 0 Å². The van der Waals surface area contributed by atoms with Crippen LogP contribution < -0.4 is 22.5 Å². The zero-order valence-corrected chi connectivity index (χ0v) is 57.4. The van der Waals surface area contributed by atoms with Crippen molar-refractivity contribution in [3.05, 3.63) is 118 Å². The fraction of sp³-hybridized carbons (Fsp3) is 0.653. The molecule has 0 aromatic heterocycles. The van der Waals surface area contributed by atoms with Crippen molar-refractivity contribution in [2.75, 3.05) is 33.5 Å². The largest absolute Gasteiger partial charge is 0.481 e. The van der Waals surface area contributed by atoms with E-state index in [1.807, 2.05) is 85.7 Å². The Labute approximate surface area is 551 Å². The number of aryl methyl sites for hydroxylation is 3. The van der Waals surface area contributed by atoms with Gasteiger partial charge in [0.1, 0.15) is 30.9 Å². The fourth-order valence-electron chi connectivity index (χ4n) is 12.8. The molecule has 3 aromatic rings. The van der Waals surface area contributed by atoms with Gasteiger partial charge in [-0.25, -0.2) is 6.57 Å². The van der Waals surface area contributed by atoms with Crippen molar-refractivity contribution in [1.82, 2.24) is 21.7 Å². The number of nitrogens with zero attached hydrogens (tertiary/aromatic N) is 2. The maximum absolute atomic E-state index is 13.5. The third-order valence-corrected chi connectivity index (χ3v) is 17.9. The fourth-order valence-corrected chi connectivity index (χ4v) is 12.8. The first-order chi connectivity index (χ1) is 43.2. The number of aldehydes is 1. The van der Waals surface area contributed by atoms with E-state index in [2.05, 4.69) is 71.8 Å². The number of carboxylic acid groups (broad SMARTS) is 1. The van der Waals surface area contributed by atoms with E-state index in [4.69, 9.17) is 37.1 Å². The molecular weight excluding hydrogens is 1200 g/mol. The van der Waals surface area contributed by atoms with Gasteiger partial charge in [-0.15, -0.1) is 0 Å². The van der Waals surface area contributed by atoms with E-state index in [9.17, 15) is 47.0 Å². The number of ketones is 1. The molecule has 3 aliphatic carbocycles. The number of rotatable bonds is 19. The molecule has 18 nitrogen and oxygen atoms in total. The number of hydrogen-bond donors (Lipinski definition) is 8. The second-order valence-corrected chi connectivity index (χ2v) is 27.7. The molecule has 2 saturated heterocycles. The predicted molar refractivity (Wildman–Crippen MR) is 355 cm³/mol. The SMILES string of the molecule is CC(C)CC(C)(C)C=O.CC1(C)C[C@@H]2OCC[C@H](N)C(=O)N2C1C(=O)N[C@@H]1CCCc2ccccc21.COC(C)CC(C)(C)C(CC(=O)[C@@H](C)CCO)C(=O)N[C@@H]1CCCc2ccccc21.C[C@@H](CCO)C(=O)O.N.OCC(F)(F)F.[C-]#[N+]C1CCCc2ccccc21. The average molecular weight is 1310 g/mol. The first-order valence-electron chi connectivity index (χ1n) is 32.8. The first kappa shape index (κ1) is 83.0. The van der Waals surface area contributed by atoms with Crippen LogP contribution in [0.2, 0.25) is 0 Å². The second-order valence-electron chi connectivity index (χ2n) is 27.7. The summed E-state index contributed by atoms with van der Waals surface area (Å²) in [7, 11) is 1.67. The van der Waals surface area contributed by atoms with Crippen LogP contribution in [0.25, 0.3) is 4.85 Å². The molecule has 10 atom stereocenters. The first-order valence-corrected chi connectivity index (χ1v) is 32.8. The number of Topliss-reactive ketones (excluding diaryl/α,β-unsaturated/α-hetero) is 1. The number of carbonyl (C=O) groups excluding carboxylic acids is 5. The van der Waals surface area contributed by atoms with Gasteiger partial charge >= 0.3 is 12.1 Å². The Morgan fingerprint density at radius 2 is 1.25 bits per heavy atom. The van der Waals surface area contributed by atoms with Crippen LogP contribution >= 0.6 is 0 Å². The third-order valence-electron chi connectivity index (χ3n) is 17.9. The van der Waals surface area contributed by atoms with Gasteiger partial charge in [-0.3, -0.25) is 24.0 Å². The molecule has 5 aliphatic rings. The normalized spacial score (nSPS) is 21.5. The summed E-state index contributed by atoms with van der Waals surface area (Å²) in [4.78, 5) is 78.1. The van der Waals surface area contributed by atoms with Gasteiger partial charge in [0.15, 0.2) is 0 Å². The number of fused-ring (bicyclic) bond motifs is 4. The van der Waals surface area contributed by atoms with Crippen molar-refractivity contribution in [2.24, 2.45) is 45.7 Å². The number of nitrogens with one attached hydrogen (secondary N) is 2. The van der Waals surface area contributed by atoms with Crippen LogP contribution in [0, 0.1) is 46.5 Å². The minimum Gasteiger partial charge on any atom is -0.481 e. The quantitative estimate of drug-likeness (QED) is 0.0409. The van der Waals surface area contributed by atoms with Gasteiger partial charge in [-0.05, 0) is 141 Å². The smallest absolute Gasteiger partial charge is 0.411 e. The number of ether oxygens (including phenoxy) is 2. The molecule has 2 aliphatic heterocycles. The van der Waals surface area contributed by atoms with Crippen molar-refractivity contribution in [3.63, 3.8) is 0 Å². The summed E-state index contributed by atoms with van der Waals surface area (Å²) < 4.78 is 42.9. The van der Waals surface area contributed by atoms with Gasteiger partial charge in [-0.2, -0.15) is 13.2 Å². The van der Waals surface area contributed by atoms with E-state index >= 15 is 0 Å². The number of aliphatic hydroxyl groups is 3. The molecule has 3 amide bonds. The minimum absolute atomic E-state index is 0. The Bertz CT molecular complexity index is 2840. The summed E-state index contributed by atoms with van der Waals surface area (Å²) in [5, 5.41) is 39.4. The molecule has 21 heteroatoms. The molecule has 8 rings (SSSR count). The maximum atomic E-state index is 13.5. The number of carboxylic acids is 1. The number of hydrogen-bond acceptors (Lipinski definition) is 13. The number of alkyl halides is 3. The molecule has 93 heavy (non-hydrogen) atoms. The highest BCUT2D eigenvalue weighted by atomic mass is 19.4. The molecule has 0 radical (unpaired) electrons. The monoisotopic (exact) mass is 1310 g/mol. The Morgan fingerprint density at radius 3 is 1.69 bits per heavy atom. The van der Waals surface area contributed by atoms with Crippen molar-refractivity contribution in [3.8, 4) is 0 Å². The minimum atomic E-state index is -4.40. The highest BCUT2D eigenvalue weighted by Gasteiger charge is 2.54. The summed E-state index contributed by atoms with van der Waals surface area (Å²) >= 11 is 0. The lowest BCUT2D eigenvalue weighted by Gasteiger charge is -2.37. The van der Waals surface area contributed by atoms with Crippen LogP contribution in [0.15, 0.2) is 72.8 Å². The lowest BCUT2D eigenvalue weighted by molar-refractivity contribution is -0.159. The number of amides is 3. The van der Waals surface area contributed by atoms with Crippen LogP contribution in [0.5, 0.6) is 0 Å². The van der Waals surface area contributed by atoms with Crippen molar-refractivity contribution >= 4 is 35.8 Å². The Kier molecular flexibility index (Phi) is 35.4. The summed E-state index contributed by atoms with van der Waals surface area (Å²) in [5.74, 6) is -1.65. The van der Waals surface area contributed by atoms with Gasteiger partial charge in [0.2, 0.25) is 23.8 Å². The third kappa shape index (κ3) is 26.9. The van der Waals surface area contributed by atoms with Crippen LogP contribution in [-0.4, -0.2) is 125 Å². The van der Waals surface area contributed by atoms with Gasteiger partial charge < -0.3 is 67.0 Å². The summed E-state index contributed by atoms with van der Waals surface area (Å²) in [6.45, 7) is 27.5. The Morgan fingerprint density at radius 1 is 0.774 bits per heavy atom. The summed E-state index contributed by atoms with van der Waals surface area (Å²) in [6, 6.07) is 23.9. The predicted octanol–water partition coefficient (Wildman–Crippen LogP) is 12.1. The van der Waals surface area contributed by atoms with E-state index in [0.717, 1.165) is 64.1 Å². The number of halogens is 3. The molecule has 0 saturated carbocycles. The van der Waals surface area contributed by atoms with Gasteiger partial charge in [0.05, 0.1) is 42.7 Å². The zero-order valence-electron chi connectivity index (χ0n) is 57.4. The van der Waals surface area contributed by atoms with E-state index < -0.39 is 48.1 Å². The lowest BCUT2D eigenvalue weighted by Crippen LogP contribution is -2.56. The molecule has 3 aromatic carbocycles. The standard InChI is InChI=1S/C25H39NO4.C21H29N3O3.C11H11N.C8H16O.C5H10O3.C2H3F3O.H3N/c1-17(13-14-27)23(28)15-21(25(3,4)16-18(2)30-5)24(29)26-22-12-8-10-19-9-6-7-11-20(19)22;1-21(2)12-17-24(20(26)15(22)10-11-27-17)18(21)19(25)23-16-9-5-7-13-6-3-4-8-14(13)16;1-12-11-8-4-6-9-5-2-3-7-10(9)11;1-7(2)5-8(3,4)6-9;1-4(2-3-6)5(7)8;3-2(4,5)1-6;/h6-7,9,11,17-18,21-22,27H,8,10,12-16H2,1-5H3,(H,26,29);3-4,6,8,15-18H,5,7,9-12,22H2,1-2H3,(H,23,25);2-3,5,7,11H,4,6,8H2;6-7H,5H2,1-4H3;4,6H,2-3H2,1H3,(H,7,8);6H,1H2;1H3/t17-,18?,21?,22+;15-,16+,17-,18?;;;4-;;/m00..0../s1. The highest BCUT2D eigenvalue weighted by molar-refractivity contribution is 5.92. The number of aliphatic hydroxyl groups excluding tert-OH is 3. The number of nitrogens with two attached hydrogens (primary N) is 1. The van der Waals surface area contributed by atoms with Gasteiger partial charge in [0, 0.05) is 50.1 Å². The maximum Gasteiger partial charge on any atom is 0.411 e. The van der Waals surface area contributed by atoms with E-state index in [0.29, 0.717) is 44.6 Å². The number of benzene rings is 3. The number of methoxy groups -OCH3 is 1. The van der Waals surface area contributed by atoms with Gasteiger partial charge in [0.25, 0.3) is 0 Å². The molecule has 2 heterocycles. The highest BCUT2D eigenvalue weighted by Crippen LogP contribution is 2.44. The molecule has 4 unspecified atom stereocenters. The van der Waals surface area contributed by atoms with Crippen LogP contribution in [0.1, 0.15) is 211 Å². The molecular formula is C72H111F3N6O12. The lowest BCUT2D eigenvalue weighted by atomic mass is 9.71.